The standard InChI is InChI=1S/C26H24FNO3/c1-16-12-18(3)20(13-17(16)2)24(29)14-26(31)21-9-5-7-11-23(21)28(25(26)30)15-19-8-4-6-10-22(19)27/h4-13,31H,14-15H2,1-3H3/t26-/m0/s1. The topological polar surface area (TPSA) is 57.6 Å². The number of rotatable bonds is 5. The maximum absolute atomic E-state index is 14.2. The molecule has 5 heteroatoms. The molecule has 1 heterocycles. The molecule has 0 saturated heterocycles. The number of hydrogen-bond acceptors (Lipinski definition) is 3. The molecule has 3 aromatic rings. The number of amides is 1. The number of nitrogens with zero attached hydrogens (tertiary/aromatic N) is 1. The minimum absolute atomic E-state index is 0.0261. The van der Waals surface area contributed by atoms with Crippen molar-refractivity contribution in [3.8, 4) is 0 Å². The van der Waals surface area contributed by atoms with E-state index in [0.29, 0.717) is 22.4 Å². The van der Waals surface area contributed by atoms with Crippen LogP contribution in [-0.2, 0) is 16.9 Å². The molecule has 0 radical (unpaired) electrons. The number of fused-ring (bicyclic) bond motifs is 1. The summed E-state index contributed by atoms with van der Waals surface area (Å²) in [5.41, 5.74) is 2.55. The van der Waals surface area contributed by atoms with Crippen LogP contribution >= 0.6 is 0 Å². The van der Waals surface area contributed by atoms with Crippen LogP contribution < -0.4 is 4.90 Å². The number of hydrogen-bond donors (Lipinski definition) is 1. The average Bonchev–Trinajstić information content (AvgIpc) is 2.94. The van der Waals surface area contributed by atoms with Crippen LogP contribution in [0.5, 0.6) is 0 Å². The van der Waals surface area contributed by atoms with E-state index in [1.807, 2.05) is 26.8 Å². The van der Waals surface area contributed by atoms with E-state index in [2.05, 4.69) is 0 Å². The second-order valence-electron chi connectivity index (χ2n) is 8.21. The monoisotopic (exact) mass is 417 g/mol. The van der Waals surface area contributed by atoms with Gasteiger partial charge in [0.15, 0.2) is 11.4 Å². The highest BCUT2D eigenvalue weighted by Gasteiger charge is 2.51. The highest BCUT2D eigenvalue weighted by atomic mass is 19.1. The molecule has 1 aliphatic rings. The zero-order valence-electron chi connectivity index (χ0n) is 17.8. The minimum atomic E-state index is -2.00. The number of anilines is 1. The Bertz CT molecular complexity index is 1200. The molecule has 4 rings (SSSR count). The fourth-order valence-electron chi connectivity index (χ4n) is 4.22. The largest absolute Gasteiger partial charge is 0.375 e. The quantitative estimate of drug-likeness (QED) is 0.609. The van der Waals surface area contributed by atoms with E-state index < -0.39 is 17.3 Å². The normalized spacial score (nSPS) is 17.7. The van der Waals surface area contributed by atoms with Crippen molar-refractivity contribution in [3.05, 3.63) is 99.9 Å². The van der Waals surface area contributed by atoms with Crippen LogP contribution in [0.15, 0.2) is 60.7 Å². The molecule has 1 atom stereocenters. The van der Waals surface area contributed by atoms with E-state index >= 15 is 0 Å². The fraction of sp³-hybridized carbons (Fsp3) is 0.231. The second-order valence-corrected chi connectivity index (χ2v) is 8.21. The van der Waals surface area contributed by atoms with Gasteiger partial charge in [0.2, 0.25) is 0 Å². The van der Waals surface area contributed by atoms with Crippen LogP contribution in [0.1, 0.15) is 44.6 Å². The number of aryl methyl sites for hydroxylation is 3. The smallest absolute Gasteiger partial charge is 0.264 e. The Morgan fingerprint density at radius 1 is 0.968 bits per heavy atom. The molecule has 1 aliphatic heterocycles. The molecular formula is C26H24FNO3. The van der Waals surface area contributed by atoms with Crippen molar-refractivity contribution in [1.29, 1.82) is 0 Å². The summed E-state index contributed by atoms with van der Waals surface area (Å²) in [5.74, 6) is -1.35. The maximum atomic E-state index is 14.2. The Kier molecular flexibility index (Phi) is 5.23. The molecule has 1 amide bonds. The van der Waals surface area contributed by atoms with Crippen LogP contribution in [0.2, 0.25) is 0 Å². The van der Waals surface area contributed by atoms with Gasteiger partial charge in [0, 0.05) is 16.7 Å². The van der Waals surface area contributed by atoms with Gasteiger partial charge >= 0.3 is 0 Å². The van der Waals surface area contributed by atoms with Crippen LogP contribution in [0.3, 0.4) is 0 Å². The van der Waals surface area contributed by atoms with Crippen LogP contribution in [0.25, 0.3) is 0 Å². The summed E-state index contributed by atoms with van der Waals surface area (Å²) in [6.07, 6.45) is -0.375. The second kappa shape index (κ2) is 7.75. The van der Waals surface area contributed by atoms with Crippen molar-refractivity contribution in [2.45, 2.75) is 39.3 Å². The third kappa shape index (κ3) is 3.55. The van der Waals surface area contributed by atoms with Gasteiger partial charge < -0.3 is 10.0 Å². The zero-order chi connectivity index (χ0) is 22.3. The number of aliphatic hydroxyl groups is 1. The third-order valence-corrected chi connectivity index (χ3v) is 6.08. The minimum Gasteiger partial charge on any atom is -0.375 e. The summed E-state index contributed by atoms with van der Waals surface area (Å²) in [5, 5.41) is 11.5. The molecule has 4 nitrogen and oxygen atoms in total. The summed E-state index contributed by atoms with van der Waals surface area (Å²) < 4.78 is 14.2. The fourth-order valence-corrected chi connectivity index (χ4v) is 4.22. The molecule has 158 valence electrons. The average molecular weight is 417 g/mol. The van der Waals surface area contributed by atoms with Gasteiger partial charge in [0.05, 0.1) is 18.7 Å². The van der Waals surface area contributed by atoms with Gasteiger partial charge in [-0.05, 0) is 55.7 Å². The zero-order valence-corrected chi connectivity index (χ0v) is 17.8. The van der Waals surface area contributed by atoms with Gasteiger partial charge in [-0.25, -0.2) is 4.39 Å². The Morgan fingerprint density at radius 2 is 1.61 bits per heavy atom. The van der Waals surface area contributed by atoms with E-state index in [1.165, 1.54) is 11.0 Å². The summed E-state index contributed by atoms with van der Waals surface area (Å²) >= 11 is 0. The SMILES string of the molecule is Cc1cc(C)c(C(=O)C[C@@]2(O)C(=O)N(Cc3ccccc3F)c3ccccc32)cc1C. The Hall–Kier alpha value is -3.31. The van der Waals surface area contributed by atoms with Crippen molar-refractivity contribution in [3.63, 3.8) is 0 Å². The first-order valence-corrected chi connectivity index (χ1v) is 10.2. The predicted molar refractivity (Wildman–Crippen MR) is 118 cm³/mol. The van der Waals surface area contributed by atoms with Crippen molar-refractivity contribution in [1.82, 2.24) is 0 Å². The number of carbonyl (C=O) groups excluding carboxylic acids is 2. The van der Waals surface area contributed by atoms with Gasteiger partial charge in [-0.2, -0.15) is 0 Å². The van der Waals surface area contributed by atoms with E-state index in [-0.39, 0.29) is 18.7 Å². The van der Waals surface area contributed by atoms with Crippen LogP contribution in [0.4, 0.5) is 10.1 Å². The Labute approximate surface area is 181 Å². The molecule has 0 spiro atoms. The van der Waals surface area contributed by atoms with E-state index in [4.69, 9.17) is 0 Å². The third-order valence-electron chi connectivity index (χ3n) is 6.08. The van der Waals surface area contributed by atoms with Gasteiger partial charge in [-0.1, -0.05) is 42.5 Å². The molecule has 31 heavy (non-hydrogen) atoms. The molecule has 1 N–H and O–H groups in total. The van der Waals surface area contributed by atoms with Crippen LogP contribution in [0, 0.1) is 26.6 Å². The van der Waals surface area contributed by atoms with Crippen molar-refractivity contribution < 1.29 is 19.1 Å². The number of benzene rings is 3. The van der Waals surface area contributed by atoms with Gasteiger partial charge in [-0.3, -0.25) is 9.59 Å². The lowest BCUT2D eigenvalue weighted by Gasteiger charge is -2.23. The number of ketones is 1. The molecule has 0 fully saturated rings. The summed E-state index contributed by atoms with van der Waals surface area (Å²) in [6.45, 7) is 5.72. The number of Topliss-reactive ketones (excluding diaryl/α,β-unsaturated/α-hetero) is 1. The highest BCUT2D eigenvalue weighted by Crippen LogP contribution is 2.43. The lowest BCUT2D eigenvalue weighted by molar-refractivity contribution is -0.136. The number of carbonyl (C=O) groups is 2. The first-order valence-electron chi connectivity index (χ1n) is 10.2. The van der Waals surface area contributed by atoms with Gasteiger partial charge in [-0.15, -0.1) is 0 Å². The van der Waals surface area contributed by atoms with E-state index in [1.54, 1.807) is 48.5 Å². The predicted octanol–water partition coefficient (Wildman–Crippen LogP) is 4.76. The van der Waals surface area contributed by atoms with Crippen molar-refractivity contribution in [2.75, 3.05) is 4.90 Å². The summed E-state index contributed by atoms with van der Waals surface area (Å²) in [7, 11) is 0. The summed E-state index contributed by atoms with van der Waals surface area (Å²) in [4.78, 5) is 27.9. The van der Waals surface area contributed by atoms with Crippen molar-refractivity contribution in [2.24, 2.45) is 0 Å². The van der Waals surface area contributed by atoms with E-state index in [9.17, 15) is 19.1 Å². The lowest BCUT2D eigenvalue weighted by Crippen LogP contribution is -2.41. The number of para-hydroxylation sites is 1. The van der Waals surface area contributed by atoms with Crippen LogP contribution in [-0.4, -0.2) is 16.8 Å². The van der Waals surface area contributed by atoms with Gasteiger partial charge in [0.25, 0.3) is 5.91 Å². The van der Waals surface area contributed by atoms with E-state index in [0.717, 1.165) is 16.7 Å². The molecule has 0 aliphatic carbocycles. The molecule has 0 aromatic heterocycles. The first kappa shape index (κ1) is 20.9. The molecule has 3 aromatic carbocycles. The lowest BCUT2D eigenvalue weighted by atomic mass is 9.86. The highest BCUT2D eigenvalue weighted by molar-refractivity contribution is 6.11. The Balaban J connectivity index is 1.71. The Morgan fingerprint density at radius 3 is 2.35 bits per heavy atom. The van der Waals surface area contributed by atoms with Gasteiger partial charge in [0.1, 0.15) is 5.82 Å². The molecule has 0 saturated carbocycles. The summed E-state index contributed by atoms with van der Waals surface area (Å²) in [6, 6.07) is 16.8. The molecule has 0 unspecified atom stereocenters. The molecule has 0 bridgehead atoms. The maximum Gasteiger partial charge on any atom is 0.264 e. The van der Waals surface area contributed by atoms with Crippen molar-refractivity contribution >= 4 is 17.4 Å². The molecular weight excluding hydrogens is 393 g/mol. The number of halogens is 1. The first-order chi connectivity index (χ1) is 14.7.